The highest BCUT2D eigenvalue weighted by molar-refractivity contribution is 5.97. The molecule has 0 bridgehead atoms. The molecule has 3 amide bonds. The van der Waals surface area contributed by atoms with Crippen LogP contribution in [0.15, 0.2) is 60.8 Å². The molecule has 2 aromatic carbocycles. The fraction of sp³-hybridized carbons (Fsp3) is 0.375. The van der Waals surface area contributed by atoms with E-state index < -0.39 is 29.1 Å². The second kappa shape index (κ2) is 11.6. The Morgan fingerprint density at radius 3 is 2.45 bits per heavy atom. The van der Waals surface area contributed by atoms with Gasteiger partial charge < -0.3 is 20.9 Å². The number of benzene rings is 2. The number of carbonyl (C=O) groups is 3. The van der Waals surface area contributed by atoms with E-state index in [9.17, 15) is 23.2 Å². The van der Waals surface area contributed by atoms with Gasteiger partial charge in [0, 0.05) is 30.4 Å². The van der Waals surface area contributed by atoms with Crippen molar-refractivity contribution < 1.29 is 23.2 Å². The van der Waals surface area contributed by atoms with Crippen molar-refractivity contribution in [3.8, 4) is 0 Å². The van der Waals surface area contributed by atoms with Crippen LogP contribution in [-0.4, -0.2) is 46.2 Å². The van der Waals surface area contributed by atoms with E-state index >= 15 is 0 Å². The Labute approximate surface area is 242 Å². The maximum absolute atomic E-state index is 14.1. The number of piperazine rings is 1. The summed E-state index contributed by atoms with van der Waals surface area (Å²) in [4.78, 5) is 45.6. The van der Waals surface area contributed by atoms with Gasteiger partial charge in [0.05, 0.1) is 11.6 Å². The molecular weight excluding hydrogens is 540 g/mol. The van der Waals surface area contributed by atoms with Gasteiger partial charge in [-0.3, -0.25) is 14.4 Å². The first-order valence-electron chi connectivity index (χ1n) is 14.5. The first kappa shape index (κ1) is 28.0. The van der Waals surface area contributed by atoms with Crippen molar-refractivity contribution in [1.82, 2.24) is 15.2 Å². The van der Waals surface area contributed by atoms with Gasteiger partial charge in [0.25, 0.3) is 0 Å². The van der Waals surface area contributed by atoms with Gasteiger partial charge in [0.1, 0.15) is 24.0 Å². The van der Waals surface area contributed by atoms with Crippen LogP contribution in [0.2, 0.25) is 0 Å². The van der Waals surface area contributed by atoms with E-state index in [0.29, 0.717) is 49.3 Å². The standard InChI is InChI=1S/C32H33F2N5O3/c33-24-14-22(15-25(34)17-24)27-18-36-32(9-3-1-4-10-32)31(42)39(27)19-29(40)37-26-8-7-20-12-23(13-21(20)16-26)30(41)38-28-6-2-5-11-35-28/h2,5-8,11,14-17,23,27,36H,1,3-4,9-10,12-13,18-19H2,(H,37,40)(H,35,38,41). The van der Waals surface area contributed by atoms with Crippen molar-refractivity contribution in [2.24, 2.45) is 5.92 Å². The number of aromatic nitrogens is 1. The molecule has 1 spiro atoms. The first-order chi connectivity index (χ1) is 20.3. The Balaban J connectivity index is 1.16. The van der Waals surface area contributed by atoms with Gasteiger partial charge in [-0.1, -0.05) is 31.4 Å². The van der Waals surface area contributed by atoms with Crippen LogP contribution in [0.5, 0.6) is 0 Å². The highest BCUT2D eigenvalue weighted by Crippen LogP contribution is 2.37. The SMILES string of the molecule is O=C(CN1C(=O)C2(CCCCC2)NCC1c1cc(F)cc(F)c1)Nc1ccc2c(c1)CC(C(=O)Nc1ccccn1)C2. The molecule has 8 nitrogen and oxygen atoms in total. The number of hydrogen-bond donors (Lipinski definition) is 3. The summed E-state index contributed by atoms with van der Waals surface area (Å²) in [6, 6.07) is 13.4. The summed E-state index contributed by atoms with van der Waals surface area (Å²) in [5, 5.41) is 9.13. The summed E-state index contributed by atoms with van der Waals surface area (Å²) < 4.78 is 28.3. The monoisotopic (exact) mass is 573 g/mol. The van der Waals surface area contributed by atoms with Crippen LogP contribution in [0.1, 0.15) is 54.8 Å². The number of hydrogen-bond acceptors (Lipinski definition) is 5. The maximum Gasteiger partial charge on any atom is 0.244 e. The quantitative estimate of drug-likeness (QED) is 0.402. The topological polar surface area (TPSA) is 103 Å². The molecule has 42 heavy (non-hydrogen) atoms. The van der Waals surface area contributed by atoms with E-state index in [0.717, 1.165) is 36.5 Å². The summed E-state index contributed by atoms with van der Waals surface area (Å²) in [6.45, 7) is 0.0416. The molecule has 6 rings (SSSR count). The number of rotatable bonds is 6. The molecule has 2 aliphatic carbocycles. The highest BCUT2D eigenvalue weighted by atomic mass is 19.1. The van der Waals surface area contributed by atoms with Crippen LogP contribution in [0.25, 0.3) is 0 Å². The van der Waals surface area contributed by atoms with Gasteiger partial charge in [-0.25, -0.2) is 13.8 Å². The van der Waals surface area contributed by atoms with Gasteiger partial charge >= 0.3 is 0 Å². The minimum atomic E-state index is -0.765. The van der Waals surface area contributed by atoms with E-state index in [2.05, 4.69) is 20.9 Å². The zero-order chi connectivity index (χ0) is 29.3. The number of pyridine rings is 1. The highest BCUT2D eigenvalue weighted by Gasteiger charge is 2.48. The van der Waals surface area contributed by atoms with E-state index in [1.54, 1.807) is 24.4 Å². The lowest BCUT2D eigenvalue weighted by Crippen LogP contribution is -2.66. The predicted molar refractivity (Wildman–Crippen MR) is 153 cm³/mol. The van der Waals surface area contributed by atoms with Gasteiger partial charge in [-0.2, -0.15) is 0 Å². The second-order valence-corrected chi connectivity index (χ2v) is 11.5. The van der Waals surface area contributed by atoms with Crippen LogP contribution in [0.4, 0.5) is 20.3 Å². The van der Waals surface area contributed by atoms with Gasteiger partial charge in [-0.05, 0) is 78.8 Å². The average Bonchev–Trinajstić information content (AvgIpc) is 3.40. The molecule has 3 aromatic rings. The van der Waals surface area contributed by atoms with Crippen molar-refractivity contribution in [1.29, 1.82) is 0 Å². The molecule has 2 atom stereocenters. The van der Waals surface area contributed by atoms with E-state index in [-0.39, 0.29) is 24.3 Å². The van der Waals surface area contributed by atoms with Crippen LogP contribution in [0, 0.1) is 17.6 Å². The third-order valence-electron chi connectivity index (χ3n) is 8.68. The molecule has 1 saturated carbocycles. The summed E-state index contributed by atoms with van der Waals surface area (Å²) in [7, 11) is 0. The minimum Gasteiger partial charge on any atom is -0.325 e. The number of nitrogens with one attached hydrogen (secondary N) is 3. The average molecular weight is 574 g/mol. The van der Waals surface area contributed by atoms with Gasteiger partial charge in [-0.15, -0.1) is 0 Å². The number of amides is 3. The van der Waals surface area contributed by atoms with Crippen LogP contribution in [-0.2, 0) is 27.2 Å². The first-order valence-corrected chi connectivity index (χ1v) is 14.5. The number of carbonyl (C=O) groups excluding carboxylic acids is 3. The number of halogens is 2. The Bertz CT molecular complexity index is 1490. The Morgan fingerprint density at radius 1 is 0.952 bits per heavy atom. The van der Waals surface area contributed by atoms with Crippen molar-refractivity contribution in [3.63, 3.8) is 0 Å². The molecule has 1 aliphatic heterocycles. The zero-order valence-corrected chi connectivity index (χ0v) is 23.2. The van der Waals surface area contributed by atoms with E-state index in [1.165, 1.54) is 17.0 Å². The second-order valence-electron chi connectivity index (χ2n) is 11.5. The van der Waals surface area contributed by atoms with Crippen LogP contribution >= 0.6 is 0 Å². The smallest absolute Gasteiger partial charge is 0.244 e. The van der Waals surface area contributed by atoms with Crippen molar-refractivity contribution in [2.75, 3.05) is 23.7 Å². The minimum absolute atomic E-state index is 0.107. The Morgan fingerprint density at radius 2 is 1.71 bits per heavy atom. The van der Waals surface area contributed by atoms with Crippen LogP contribution < -0.4 is 16.0 Å². The zero-order valence-electron chi connectivity index (χ0n) is 23.2. The van der Waals surface area contributed by atoms with Crippen molar-refractivity contribution in [2.45, 2.75) is 56.5 Å². The fourth-order valence-electron chi connectivity index (χ4n) is 6.59. The molecule has 10 heteroatoms. The molecule has 218 valence electrons. The number of nitrogens with zero attached hydrogens (tertiary/aromatic N) is 2. The number of anilines is 2. The van der Waals surface area contributed by atoms with E-state index in [4.69, 9.17) is 0 Å². The molecule has 3 N–H and O–H groups in total. The molecule has 2 unspecified atom stereocenters. The molecular formula is C32H33F2N5O3. The lowest BCUT2D eigenvalue weighted by atomic mass is 9.78. The van der Waals surface area contributed by atoms with Crippen molar-refractivity contribution in [3.05, 3.63) is 89.1 Å². The van der Waals surface area contributed by atoms with Gasteiger partial charge in [0.15, 0.2) is 0 Å². The summed E-state index contributed by atoms with van der Waals surface area (Å²) in [5.74, 6) is -1.93. The lowest BCUT2D eigenvalue weighted by Gasteiger charge is -2.48. The predicted octanol–water partition coefficient (Wildman–Crippen LogP) is 4.53. The summed E-state index contributed by atoms with van der Waals surface area (Å²) in [5.41, 5.74) is 2.12. The molecule has 1 aromatic heterocycles. The molecule has 2 heterocycles. The molecule has 3 aliphatic rings. The fourth-order valence-corrected chi connectivity index (χ4v) is 6.59. The third-order valence-corrected chi connectivity index (χ3v) is 8.68. The Kier molecular flexibility index (Phi) is 7.72. The van der Waals surface area contributed by atoms with Crippen molar-refractivity contribution >= 4 is 29.2 Å². The lowest BCUT2D eigenvalue weighted by molar-refractivity contribution is -0.149. The third kappa shape index (κ3) is 5.76. The largest absolute Gasteiger partial charge is 0.325 e. The summed E-state index contributed by atoms with van der Waals surface area (Å²) in [6.07, 6.45) is 6.90. The number of fused-ring (bicyclic) bond motifs is 1. The summed E-state index contributed by atoms with van der Waals surface area (Å²) >= 11 is 0. The molecule has 0 radical (unpaired) electrons. The van der Waals surface area contributed by atoms with E-state index in [1.807, 2.05) is 18.2 Å². The molecule has 2 fully saturated rings. The van der Waals surface area contributed by atoms with Crippen LogP contribution in [0.3, 0.4) is 0 Å². The normalized spacial score (nSPS) is 21.2. The molecule has 1 saturated heterocycles. The maximum atomic E-state index is 14.1. The van der Waals surface area contributed by atoms with Gasteiger partial charge in [0.2, 0.25) is 17.7 Å². The Hall–Kier alpha value is -4.18.